The van der Waals surface area contributed by atoms with Gasteiger partial charge in [-0.25, -0.2) is 17.4 Å². The van der Waals surface area contributed by atoms with E-state index in [1.54, 1.807) is 38.3 Å². The first kappa shape index (κ1) is 17.8. The van der Waals surface area contributed by atoms with E-state index in [9.17, 15) is 8.42 Å². The van der Waals surface area contributed by atoms with Gasteiger partial charge in [0, 0.05) is 26.2 Å². The lowest BCUT2D eigenvalue weighted by molar-refractivity contribution is 0.412. The van der Waals surface area contributed by atoms with E-state index in [4.69, 9.17) is 4.74 Å². The molecule has 0 amide bonds. The van der Waals surface area contributed by atoms with Crippen LogP contribution >= 0.6 is 0 Å². The highest BCUT2D eigenvalue weighted by Crippen LogP contribution is 2.33. The van der Waals surface area contributed by atoms with Crippen molar-refractivity contribution in [1.82, 2.24) is 14.3 Å². The molecule has 1 aliphatic heterocycles. The van der Waals surface area contributed by atoms with Crippen LogP contribution in [0, 0.1) is 6.92 Å². The zero-order valence-corrected chi connectivity index (χ0v) is 16.2. The Balaban J connectivity index is 1.85. The molecule has 0 bridgehead atoms. The zero-order valence-electron chi connectivity index (χ0n) is 15.3. The number of piperazine rings is 1. The van der Waals surface area contributed by atoms with Gasteiger partial charge in [0.05, 0.1) is 28.7 Å². The summed E-state index contributed by atoms with van der Waals surface area (Å²) in [6, 6.07) is 12.3. The smallest absolute Gasteiger partial charge is 0.269 e. The van der Waals surface area contributed by atoms with Crippen molar-refractivity contribution in [1.29, 1.82) is 0 Å². The maximum Gasteiger partial charge on any atom is 0.269 e. The molecule has 1 aromatic heterocycles. The second-order valence-electron chi connectivity index (χ2n) is 6.49. The molecule has 1 N–H and O–H groups in total. The number of nitrogens with one attached hydrogen (secondary N) is 1. The van der Waals surface area contributed by atoms with Gasteiger partial charge in [-0.1, -0.05) is 12.1 Å². The number of aromatic nitrogens is 2. The fraction of sp³-hybridized carbons (Fsp3) is 0.316. The SMILES string of the molecule is COc1ccc(S(=O)(=O)n2c(C)nc3ccccc32)cc1N1CCNCC1. The molecule has 1 fully saturated rings. The van der Waals surface area contributed by atoms with Crippen LogP contribution < -0.4 is 15.0 Å². The topological polar surface area (TPSA) is 76.5 Å². The van der Waals surface area contributed by atoms with E-state index in [2.05, 4.69) is 15.2 Å². The van der Waals surface area contributed by atoms with Gasteiger partial charge in [0.25, 0.3) is 10.0 Å². The molecule has 0 aliphatic carbocycles. The van der Waals surface area contributed by atoms with Crippen molar-refractivity contribution in [3.63, 3.8) is 0 Å². The number of para-hydroxylation sites is 2. The lowest BCUT2D eigenvalue weighted by Crippen LogP contribution is -2.43. The quantitative estimate of drug-likeness (QED) is 0.739. The molecule has 0 spiro atoms. The molecule has 0 unspecified atom stereocenters. The molecule has 2 heterocycles. The van der Waals surface area contributed by atoms with Crippen molar-refractivity contribution >= 4 is 26.7 Å². The summed E-state index contributed by atoms with van der Waals surface area (Å²) < 4.78 is 33.6. The normalized spacial score (nSPS) is 15.3. The van der Waals surface area contributed by atoms with Crippen molar-refractivity contribution in [2.24, 2.45) is 0 Å². The third kappa shape index (κ3) is 3.04. The fourth-order valence-corrected chi connectivity index (χ4v) is 5.03. The number of methoxy groups -OCH3 is 1. The van der Waals surface area contributed by atoms with Crippen LogP contribution in [-0.4, -0.2) is 50.7 Å². The van der Waals surface area contributed by atoms with E-state index < -0.39 is 10.0 Å². The summed E-state index contributed by atoms with van der Waals surface area (Å²) in [5.41, 5.74) is 2.03. The summed E-state index contributed by atoms with van der Waals surface area (Å²) in [4.78, 5) is 6.76. The Hall–Kier alpha value is -2.58. The Labute approximate surface area is 158 Å². The van der Waals surface area contributed by atoms with E-state index >= 15 is 0 Å². The van der Waals surface area contributed by atoms with Crippen LogP contribution in [-0.2, 0) is 10.0 Å². The lowest BCUT2D eigenvalue weighted by atomic mass is 10.2. The Morgan fingerprint density at radius 1 is 1.11 bits per heavy atom. The van der Waals surface area contributed by atoms with Crippen molar-refractivity contribution in [3.8, 4) is 5.75 Å². The van der Waals surface area contributed by atoms with Crippen LogP contribution in [0.3, 0.4) is 0 Å². The molecule has 4 rings (SSSR count). The molecule has 7 nitrogen and oxygen atoms in total. The summed E-state index contributed by atoms with van der Waals surface area (Å²) in [5.74, 6) is 1.11. The number of rotatable bonds is 4. The van der Waals surface area contributed by atoms with E-state index in [-0.39, 0.29) is 4.90 Å². The highest BCUT2D eigenvalue weighted by molar-refractivity contribution is 7.90. The van der Waals surface area contributed by atoms with Crippen molar-refractivity contribution in [2.45, 2.75) is 11.8 Å². The molecule has 0 saturated carbocycles. The Kier molecular flexibility index (Phi) is 4.53. The number of fused-ring (bicyclic) bond motifs is 1. The van der Waals surface area contributed by atoms with Gasteiger partial charge in [-0.15, -0.1) is 0 Å². The van der Waals surface area contributed by atoms with Gasteiger partial charge >= 0.3 is 0 Å². The van der Waals surface area contributed by atoms with Crippen LogP contribution in [0.2, 0.25) is 0 Å². The minimum absolute atomic E-state index is 0.225. The average Bonchev–Trinajstić information content (AvgIpc) is 3.04. The van der Waals surface area contributed by atoms with Crippen LogP contribution in [0.4, 0.5) is 5.69 Å². The molecule has 142 valence electrons. The van der Waals surface area contributed by atoms with E-state index in [0.29, 0.717) is 22.6 Å². The number of ether oxygens (including phenoxy) is 1. The second kappa shape index (κ2) is 6.86. The number of aryl methyl sites for hydroxylation is 1. The molecular formula is C19H22N4O3S. The van der Waals surface area contributed by atoms with Gasteiger partial charge in [0.1, 0.15) is 11.6 Å². The van der Waals surface area contributed by atoms with Gasteiger partial charge in [-0.05, 0) is 37.3 Å². The minimum Gasteiger partial charge on any atom is -0.495 e. The van der Waals surface area contributed by atoms with Gasteiger partial charge in [-0.3, -0.25) is 0 Å². The van der Waals surface area contributed by atoms with E-state index in [0.717, 1.165) is 31.9 Å². The van der Waals surface area contributed by atoms with Gasteiger partial charge in [0.2, 0.25) is 0 Å². The summed E-state index contributed by atoms with van der Waals surface area (Å²) in [6.45, 7) is 5.01. The van der Waals surface area contributed by atoms with Crippen LogP contribution in [0.5, 0.6) is 5.75 Å². The molecule has 0 atom stereocenters. The molecule has 1 saturated heterocycles. The Morgan fingerprint density at radius 2 is 1.85 bits per heavy atom. The van der Waals surface area contributed by atoms with Gasteiger partial charge in [0.15, 0.2) is 0 Å². The third-order valence-corrected chi connectivity index (χ3v) is 6.61. The monoisotopic (exact) mass is 386 g/mol. The van der Waals surface area contributed by atoms with Crippen molar-refractivity contribution < 1.29 is 13.2 Å². The number of benzene rings is 2. The maximum absolute atomic E-state index is 13.4. The third-order valence-electron chi connectivity index (χ3n) is 4.82. The predicted molar refractivity (Wildman–Crippen MR) is 105 cm³/mol. The van der Waals surface area contributed by atoms with E-state index in [1.165, 1.54) is 3.97 Å². The van der Waals surface area contributed by atoms with Crippen LogP contribution in [0.15, 0.2) is 47.4 Å². The molecule has 0 radical (unpaired) electrons. The van der Waals surface area contributed by atoms with Crippen LogP contribution in [0.1, 0.15) is 5.82 Å². The number of anilines is 1. The van der Waals surface area contributed by atoms with Gasteiger partial charge < -0.3 is 15.0 Å². The first-order chi connectivity index (χ1) is 13.0. The number of hydrogen-bond donors (Lipinski definition) is 1. The van der Waals surface area contributed by atoms with E-state index in [1.807, 2.05) is 18.2 Å². The second-order valence-corrected chi connectivity index (χ2v) is 8.27. The van der Waals surface area contributed by atoms with Crippen LogP contribution in [0.25, 0.3) is 11.0 Å². The number of nitrogens with zero attached hydrogens (tertiary/aromatic N) is 3. The molecule has 2 aromatic carbocycles. The zero-order chi connectivity index (χ0) is 19.0. The Morgan fingerprint density at radius 3 is 2.59 bits per heavy atom. The molecule has 8 heteroatoms. The average molecular weight is 386 g/mol. The molecular weight excluding hydrogens is 364 g/mol. The Bertz CT molecular complexity index is 1090. The highest BCUT2D eigenvalue weighted by Gasteiger charge is 2.25. The predicted octanol–water partition coefficient (Wildman–Crippen LogP) is 2.00. The largest absolute Gasteiger partial charge is 0.495 e. The summed E-state index contributed by atoms with van der Waals surface area (Å²) >= 11 is 0. The molecule has 3 aromatic rings. The number of hydrogen-bond acceptors (Lipinski definition) is 6. The van der Waals surface area contributed by atoms with Gasteiger partial charge in [-0.2, -0.15) is 0 Å². The summed E-state index contributed by atoms with van der Waals surface area (Å²) in [5, 5.41) is 3.30. The highest BCUT2D eigenvalue weighted by atomic mass is 32.2. The van der Waals surface area contributed by atoms with Crippen molar-refractivity contribution in [3.05, 3.63) is 48.3 Å². The maximum atomic E-state index is 13.4. The fourth-order valence-electron chi connectivity index (χ4n) is 3.52. The molecule has 1 aliphatic rings. The standard InChI is InChI=1S/C19H22N4O3S/c1-14-21-16-5-3-4-6-17(16)23(14)27(24,25)15-7-8-19(26-2)18(13-15)22-11-9-20-10-12-22/h3-8,13,20H,9-12H2,1-2H3. The summed E-state index contributed by atoms with van der Waals surface area (Å²) in [6.07, 6.45) is 0. The molecule has 27 heavy (non-hydrogen) atoms. The lowest BCUT2D eigenvalue weighted by Gasteiger charge is -2.30. The first-order valence-electron chi connectivity index (χ1n) is 8.86. The van der Waals surface area contributed by atoms with Crippen molar-refractivity contribution in [2.75, 3.05) is 38.2 Å². The summed E-state index contributed by atoms with van der Waals surface area (Å²) in [7, 11) is -2.18. The number of imidazole rings is 1. The first-order valence-corrected chi connectivity index (χ1v) is 10.3. The minimum atomic E-state index is -3.78.